The summed E-state index contributed by atoms with van der Waals surface area (Å²) in [5, 5.41) is 0. The minimum absolute atomic E-state index is 0. The summed E-state index contributed by atoms with van der Waals surface area (Å²) in [4.78, 5) is 0. The first kappa shape index (κ1) is 26.1. The van der Waals surface area contributed by atoms with Crippen LogP contribution in [-0.4, -0.2) is 48.9 Å². The van der Waals surface area contributed by atoms with Crippen molar-refractivity contribution in [2.45, 2.75) is 0 Å². The third-order valence-electron chi connectivity index (χ3n) is 0. The zero-order chi connectivity index (χ0) is 0. The Morgan fingerprint density at radius 1 is 1.25 bits per heavy atom. The standard InChI is InChI=1S/Ba.Co.Nb.Zn.2H/q+2;;;;2*-1. The van der Waals surface area contributed by atoms with Gasteiger partial charge in [-0.15, -0.1) is 0 Å². The van der Waals surface area contributed by atoms with Gasteiger partial charge in [0, 0.05) is 58.6 Å². The van der Waals surface area contributed by atoms with Crippen LogP contribution in [0.1, 0.15) is 2.85 Å². The van der Waals surface area contributed by atoms with Crippen molar-refractivity contribution >= 4 is 48.9 Å². The fourth-order valence-electron chi connectivity index (χ4n) is 0. The predicted molar refractivity (Wildman–Crippen MR) is 7.98 cm³/mol. The molecule has 0 bridgehead atoms. The molecule has 0 amide bonds. The molecule has 0 nitrogen and oxygen atoms in total. The zero-order valence-corrected chi connectivity index (χ0v) is 12.8. The van der Waals surface area contributed by atoms with E-state index < -0.39 is 0 Å². The number of rotatable bonds is 0. The van der Waals surface area contributed by atoms with Crippen molar-refractivity contribution in [3.8, 4) is 0 Å². The molecule has 4 heteroatoms. The SMILES string of the molecule is [Ba+2].[Co].[H-].[H-].[Nb].[Zn]. The fourth-order valence-corrected chi connectivity index (χ4v) is 0. The molecule has 0 aliphatic rings. The van der Waals surface area contributed by atoms with E-state index in [4.69, 9.17) is 0 Å². The monoisotopic (exact) mass is 356 g/mol. The first-order chi connectivity index (χ1) is 0. The van der Waals surface area contributed by atoms with Crippen LogP contribution in [0.25, 0.3) is 0 Å². The van der Waals surface area contributed by atoms with E-state index in [0.717, 1.165) is 0 Å². The smallest absolute Gasteiger partial charge is 1.00 e. The minimum atomic E-state index is 0. The fraction of sp³-hybridized carbons (Fsp3) is 0. The Kier molecular flexibility index (Phi) is 105. The van der Waals surface area contributed by atoms with Crippen LogP contribution in [0, 0.1) is 0 Å². The number of hydrogen-bond donors (Lipinski definition) is 0. The van der Waals surface area contributed by atoms with Crippen molar-refractivity contribution in [1.29, 1.82) is 0 Å². The molecule has 0 heterocycles. The zero-order valence-electron chi connectivity index (χ0n) is 4.19. The van der Waals surface area contributed by atoms with Crippen molar-refractivity contribution in [1.82, 2.24) is 0 Å². The molecule has 0 rings (SSSR count). The molecular weight excluding hydrogens is 355 g/mol. The molecule has 20 valence electrons. The average molecular weight is 357 g/mol. The summed E-state index contributed by atoms with van der Waals surface area (Å²) >= 11 is 0. The van der Waals surface area contributed by atoms with Crippen LogP contribution >= 0.6 is 0 Å². The van der Waals surface area contributed by atoms with Crippen LogP contribution in [0.4, 0.5) is 0 Å². The van der Waals surface area contributed by atoms with Gasteiger partial charge in [0.2, 0.25) is 0 Å². The van der Waals surface area contributed by atoms with Crippen LogP contribution in [0.5, 0.6) is 0 Å². The largest absolute Gasteiger partial charge is 2.00 e. The second kappa shape index (κ2) is 16.1. The number of hydrogen-bond acceptors (Lipinski definition) is 0. The molecular formula is H2BaCoNbZn. The summed E-state index contributed by atoms with van der Waals surface area (Å²) in [5.74, 6) is 0. The van der Waals surface area contributed by atoms with Gasteiger partial charge < -0.3 is 2.85 Å². The Bertz CT molecular complexity index is 13.5. The topological polar surface area (TPSA) is 0 Å². The Hall–Kier alpha value is 3.44. The molecule has 0 unspecified atom stereocenters. The Morgan fingerprint density at radius 2 is 1.25 bits per heavy atom. The molecule has 0 spiro atoms. The Labute approximate surface area is 108 Å². The van der Waals surface area contributed by atoms with Crippen LogP contribution in [0.3, 0.4) is 0 Å². The second-order valence-corrected chi connectivity index (χ2v) is 0. The summed E-state index contributed by atoms with van der Waals surface area (Å²) in [6, 6.07) is 0. The van der Waals surface area contributed by atoms with E-state index in [0.29, 0.717) is 0 Å². The van der Waals surface area contributed by atoms with Crippen molar-refractivity contribution in [3.05, 3.63) is 0 Å². The van der Waals surface area contributed by atoms with Gasteiger partial charge in [-0.3, -0.25) is 0 Å². The molecule has 0 atom stereocenters. The van der Waals surface area contributed by atoms with Crippen molar-refractivity contribution < 1.29 is 61.5 Å². The van der Waals surface area contributed by atoms with Crippen molar-refractivity contribution in [3.63, 3.8) is 0 Å². The van der Waals surface area contributed by atoms with Gasteiger partial charge in [-0.2, -0.15) is 0 Å². The average Bonchev–Trinajstić information content (AvgIpc) is 0. The van der Waals surface area contributed by atoms with E-state index in [2.05, 4.69) is 0 Å². The van der Waals surface area contributed by atoms with E-state index in [1.54, 1.807) is 0 Å². The molecule has 2 radical (unpaired) electrons. The van der Waals surface area contributed by atoms with Gasteiger partial charge in [-0.05, 0) is 0 Å². The molecule has 0 aromatic rings. The molecule has 0 N–H and O–H groups in total. The molecule has 0 saturated heterocycles. The summed E-state index contributed by atoms with van der Waals surface area (Å²) in [5.41, 5.74) is 0. The molecule has 0 aliphatic carbocycles. The van der Waals surface area contributed by atoms with Gasteiger partial charge in [0.15, 0.2) is 0 Å². The van der Waals surface area contributed by atoms with Gasteiger partial charge in [0.1, 0.15) is 0 Å². The van der Waals surface area contributed by atoms with Crippen LogP contribution < -0.4 is 0 Å². The first-order valence-electron chi connectivity index (χ1n) is 0. The van der Waals surface area contributed by atoms with Crippen LogP contribution in [-0.2, 0) is 58.6 Å². The van der Waals surface area contributed by atoms with Crippen LogP contribution in [0.2, 0.25) is 0 Å². The van der Waals surface area contributed by atoms with Gasteiger partial charge >= 0.3 is 48.9 Å². The van der Waals surface area contributed by atoms with E-state index in [1.807, 2.05) is 0 Å². The second-order valence-electron chi connectivity index (χ2n) is 0. The van der Waals surface area contributed by atoms with Crippen molar-refractivity contribution in [2.24, 2.45) is 0 Å². The molecule has 0 aromatic heterocycles. The normalized spacial score (nSPS) is 0. The Morgan fingerprint density at radius 3 is 1.25 bits per heavy atom. The third-order valence-corrected chi connectivity index (χ3v) is 0. The van der Waals surface area contributed by atoms with Gasteiger partial charge in [0.05, 0.1) is 0 Å². The van der Waals surface area contributed by atoms with Crippen molar-refractivity contribution in [2.75, 3.05) is 0 Å². The molecule has 0 saturated carbocycles. The predicted octanol–water partition coefficient (Wildman–Crippen LogP) is -0.163. The molecule has 0 aromatic carbocycles. The maximum absolute atomic E-state index is 0. The van der Waals surface area contributed by atoms with E-state index >= 15 is 0 Å². The summed E-state index contributed by atoms with van der Waals surface area (Å²) in [7, 11) is 0. The van der Waals surface area contributed by atoms with E-state index in [1.165, 1.54) is 0 Å². The Balaban J connectivity index is 0. The van der Waals surface area contributed by atoms with Gasteiger partial charge in [-0.1, -0.05) is 0 Å². The maximum Gasteiger partial charge on any atom is 2.00 e. The van der Waals surface area contributed by atoms with Crippen LogP contribution in [0.15, 0.2) is 0 Å². The molecule has 0 aliphatic heterocycles. The summed E-state index contributed by atoms with van der Waals surface area (Å²) in [6.07, 6.45) is 0. The molecule has 0 fully saturated rings. The maximum atomic E-state index is 0. The summed E-state index contributed by atoms with van der Waals surface area (Å²) < 4.78 is 0. The van der Waals surface area contributed by atoms with E-state index in [-0.39, 0.29) is 110 Å². The quantitative estimate of drug-likeness (QED) is 0.529. The third kappa shape index (κ3) is 9.06. The molecule has 4 heavy (non-hydrogen) atoms. The minimum Gasteiger partial charge on any atom is -1.00 e. The van der Waals surface area contributed by atoms with Gasteiger partial charge in [0.25, 0.3) is 0 Å². The van der Waals surface area contributed by atoms with Gasteiger partial charge in [-0.25, -0.2) is 0 Å². The summed E-state index contributed by atoms with van der Waals surface area (Å²) in [6.45, 7) is 0. The van der Waals surface area contributed by atoms with E-state index in [9.17, 15) is 0 Å². The first-order valence-corrected chi connectivity index (χ1v) is 0.